The van der Waals surface area contributed by atoms with Crippen LogP contribution in [0.2, 0.25) is 0 Å². The van der Waals surface area contributed by atoms with Crippen molar-refractivity contribution in [2.75, 3.05) is 6.16 Å². The number of hydrogen-bond donors (Lipinski definition) is 4. The molecule has 2 unspecified atom stereocenters. The number of hydrogen-bond acceptors (Lipinski definition) is 4. The van der Waals surface area contributed by atoms with Gasteiger partial charge in [-0.3, -0.25) is 14.2 Å². The molecule has 0 aliphatic rings. The molecular weight excluding hydrogens is 225 g/mol. The van der Waals surface area contributed by atoms with Crippen LogP contribution in [-0.4, -0.2) is 38.7 Å². The van der Waals surface area contributed by atoms with E-state index >= 15 is 0 Å². The van der Waals surface area contributed by atoms with Crippen LogP contribution in [0.3, 0.4) is 0 Å². The largest absolute Gasteiger partial charge is 0.481 e. The minimum Gasteiger partial charge on any atom is -0.481 e. The lowest BCUT2D eigenvalue weighted by molar-refractivity contribution is -0.144. The lowest BCUT2D eigenvalue weighted by Crippen LogP contribution is -2.48. The van der Waals surface area contributed by atoms with Gasteiger partial charge in [0.2, 0.25) is 0 Å². The fraction of sp³-hybridized carbons (Fsp3) is 0.714. The summed E-state index contributed by atoms with van der Waals surface area (Å²) < 4.78 is 10.4. The molecular formula is C7H14NO6P. The minimum absolute atomic E-state index is 0.204. The summed E-state index contributed by atoms with van der Waals surface area (Å²) in [5.41, 5.74) is 3.71. The Morgan fingerprint density at radius 1 is 1.27 bits per heavy atom. The smallest absolute Gasteiger partial charge is 0.323 e. The zero-order chi connectivity index (χ0) is 12.1. The molecule has 0 bridgehead atoms. The van der Waals surface area contributed by atoms with E-state index in [4.69, 9.17) is 20.8 Å². The highest BCUT2D eigenvalue weighted by Crippen LogP contribution is 2.22. The Hall–Kier alpha value is -0.910. The van der Waals surface area contributed by atoms with Gasteiger partial charge in [-0.15, -0.1) is 0 Å². The Kier molecular flexibility index (Phi) is 5.49. The second-order valence-corrected chi connectivity index (χ2v) is 4.54. The number of carboxylic acid groups (broad SMARTS) is 2. The monoisotopic (exact) mass is 239 g/mol. The molecule has 0 aliphatic carbocycles. The van der Waals surface area contributed by atoms with E-state index in [1.165, 1.54) is 0 Å². The number of carbonyl (C=O) groups is 2. The molecule has 0 radical (unpaired) electrons. The lowest BCUT2D eigenvalue weighted by atomic mass is 9.92. The topological polar surface area (TPSA) is 138 Å². The van der Waals surface area contributed by atoms with Crippen molar-refractivity contribution in [3.05, 3.63) is 0 Å². The van der Waals surface area contributed by atoms with Crippen LogP contribution in [0.5, 0.6) is 0 Å². The normalized spacial score (nSPS) is 16.7. The molecule has 0 saturated carbocycles. The molecule has 0 spiro atoms. The first-order valence-corrected chi connectivity index (χ1v) is 5.80. The Labute approximate surface area is 86.8 Å². The molecule has 0 saturated heterocycles. The van der Waals surface area contributed by atoms with Gasteiger partial charge in [0.15, 0.2) is 8.03 Å². The van der Waals surface area contributed by atoms with E-state index in [1.807, 2.05) is 0 Å². The second kappa shape index (κ2) is 5.85. The fourth-order valence-electron chi connectivity index (χ4n) is 0.999. The van der Waals surface area contributed by atoms with E-state index in [0.29, 0.717) is 0 Å². The lowest BCUT2D eigenvalue weighted by Gasteiger charge is -2.23. The molecule has 0 aromatic heterocycles. The van der Waals surface area contributed by atoms with Gasteiger partial charge in [0.1, 0.15) is 5.54 Å². The average molecular weight is 239 g/mol. The number of aliphatic carboxylic acids is 2. The van der Waals surface area contributed by atoms with Crippen molar-refractivity contribution >= 4 is 20.0 Å². The second-order valence-electron chi connectivity index (χ2n) is 3.25. The predicted molar refractivity (Wildman–Crippen MR) is 52.1 cm³/mol. The molecule has 0 heterocycles. The first kappa shape index (κ1) is 14.1. The molecule has 0 aromatic carbocycles. The maximum absolute atomic E-state index is 10.8. The van der Waals surface area contributed by atoms with E-state index in [9.17, 15) is 14.2 Å². The van der Waals surface area contributed by atoms with E-state index in [-0.39, 0.29) is 25.4 Å². The highest BCUT2D eigenvalue weighted by molar-refractivity contribution is 7.37. The highest BCUT2D eigenvalue weighted by Gasteiger charge is 2.34. The first-order valence-electron chi connectivity index (χ1n) is 4.24. The van der Waals surface area contributed by atoms with Gasteiger partial charge in [0, 0.05) is 12.6 Å². The van der Waals surface area contributed by atoms with Crippen LogP contribution < -0.4 is 5.73 Å². The summed E-state index contributed by atoms with van der Waals surface area (Å²) in [6.45, 7) is 0. The van der Waals surface area contributed by atoms with E-state index in [1.54, 1.807) is 0 Å². The molecule has 0 aliphatic heterocycles. The van der Waals surface area contributed by atoms with Crippen LogP contribution in [0.4, 0.5) is 0 Å². The maximum Gasteiger partial charge on any atom is 0.323 e. The summed E-state index contributed by atoms with van der Waals surface area (Å²) in [5.74, 6) is -2.50. The van der Waals surface area contributed by atoms with Gasteiger partial charge in [-0.25, -0.2) is 0 Å². The zero-order valence-corrected chi connectivity index (χ0v) is 8.97. The fourth-order valence-corrected chi connectivity index (χ4v) is 1.66. The Bertz CT molecular complexity index is 261. The van der Waals surface area contributed by atoms with Crippen molar-refractivity contribution in [1.29, 1.82) is 0 Å². The molecule has 2 atom stereocenters. The van der Waals surface area contributed by atoms with Crippen molar-refractivity contribution in [2.24, 2.45) is 5.73 Å². The van der Waals surface area contributed by atoms with Gasteiger partial charge in [-0.1, -0.05) is 0 Å². The third-order valence-corrected chi connectivity index (χ3v) is 2.67. The molecule has 5 N–H and O–H groups in total. The van der Waals surface area contributed by atoms with E-state index in [2.05, 4.69) is 0 Å². The van der Waals surface area contributed by atoms with Crippen molar-refractivity contribution in [3.8, 4) is 0 Å². The van der Waals surface area contributed by atoms with Gasteiger partial charge >= 0.3 is 11.9 Å². The van der Waals surface area contributed by atoms with Crippen molar-refractivity contribution in [3.63, 3.8) is 0 Å². The van der Waals surface area contributed by atoms with Gasteiger partial charge in [-0.2, -0.15) is 0 Å². The summed E-state index contributed by atoms with van der Waals surface area (Å²) in [5, 5.41) is 17.2. The molecule has 8 heteroatoms. The molecule has 0 fully saturated rings. The van der Waals surface area contributed by atoms with Crippen molar-refractivity contribution in [1.82, 2.24) is 0 Å². The quantitative estimate of drug-likeness (QED) is 0.439. The third kappa shape index (κ3) is 5.51. The summed E-state index contributed by atoms with van der Waals surface area (Å²) in [7, 11) is -2.78. The third-order valence-electron chi connectivity index (χ3n) is 2.00. The molecule has 7 nitrogen and oxygen atoms in total. The summed E-state index contributed by atoms with van der Waals surface area (Å²) in [6.07, 6.45) is -1.06. The van der Waals surface area contributed by atoms with Gasteiger partial charge in [0.25, 0.3) is 0 Å². The van der Waals surface area contributed by atoms with Gasteiger partial charge in [-0.05, 0) is 12.8 Å². The summed E-state index contributed by atoms with van der Waals surface area (Å²) >= 11 is 0. The Morgan fingerprint density at radius 2 is 1.80 bits per heavy atom. The van der Waals surface area contributed by atoms with Crippen LogP contribution in [0.15, 0.2) is 0 Å². The van der Waals surface area contributed by atoms with Gasteiger partial charge in [0.05, 0.1) is 0 Å². The van der Waals surface area contributed by atoms with Crippen molar-refractivity contribution < 1.29 is 29.3 Å². The van der Waals surface area contributed by atoms with E-state index in [0.717, 1.165) is 0 Å². The standard InChI is InChI=1S/C7H14NO6P/c8-7(6(11)12,2-1-5(9)10)3-4-15(13)14/h15H,1-4,8H2,(H,9,10)(H,11,12)(H,13,14). The average Bonchev–Trinajstić information content (AvgIpc) is 2.11. The van der Waals surface area contributed by atoms with Crippen molar-refractivity contribution in [2.45, 2.75) is 24.8 Å². The van der Waals surface area contributed by atoms with Crippen LogP contribution in [0.25, 0.3) is 0 Å². The highest BCUT2D eigenvalue weighted by atomic mass is 31.1. The van der Waals surface area contributed by atoms with Crippen LogP contribution >= 0.6 is 8.03 Å². The van der Waals surface area contributed by atoms with Gasteiger partial charge < -0.3 is 20.8 Å². The Morgan fingerprint density at radius 3 is 2.13 bits per heavy atom. The Balaban J connectivity index is 4.38. The predicted octanol–water partition coefficient (Wildman–Crippen LogP) is -0.510. The molecule has 0 amide bonds. The van der Waals surface area contributed by atoms with Crippen LogP contribution in [0, 0.1) is 0 Å². The molecule has 88 valence electrons. The number of carboxylic acids is 2. The zero-order valence-electron chi connectivity index (χ0n) is 7.97. The number of rotatable bonds is 7. The summed E-state index contributed by atoms with van der Waals surface area (Å²) in [6, 6.07) is 0. The molecule has 0 aromatic rings. The first-order chi connectivity index (χ1) is 6.78. The molecule has 15 heavy (non-hydrogen) atoms. The summed E-state index contributed by atoms with van der Waals surface area (Å²) in [4.78, 5) is 29.6. The molecule has 0 rings (SSSR count). The van der Waals surface area contributed by atoms with Crippen LogP contribution in [0.1, 0.15) is 19.3 Å². The maximum atomic E-state index is 10.8. The van der Waals surface area contributed by atoms with E-state index < -0.39 is 25.5 Å². The SMILES string of the molecule is NC(CCC(=O)O)(CC[PH](=O)O)C(=O)O. The minimum atomic E-state index is -2.78. The number of nitrogens with two attached hydrogens (primary N) is 1. The van der Waals surface area contributed by atoms with Crippen LogP contribution in [-0.2, 0) is 14.2 Å².